The van der Waals surface area contributed by atoms with Gasteiger partial charge in [0, 0.05) is 5.56 Å². The maximum atomic E-state index is 12.3. The Morgan fingerprint density at radius 2 is 1.97 bits per heavy atom. The molecule has 1 aliphatic rings. The van der Waals surface area contributed by atoms with Gasteiger partial charge in [-0.2, -0.15) is 0 Å². The minimum absolute atomic E-state index is 0.155. The highest BCUT2D eigenvalue weighted by molar-refractivity contribution is 6.13. The fraction of sp³-hybridized carbons (Fsp3) is 0.261. The van der Waals surface area contributed by atoms with E-state index in [1.54, 1.807) is 69.5 Å². The Labute approximate surface area is 174 Å². The summed E-state index contributed by atoms with van der Waals surface area (Å²) < 4.78 is 21.5. The predicted molar refractivity (Wildman–Crippen MR) is 112 cm³/mol. The molecular formula is C23H23NO6. The number of esters is 2. The average molecular weight is 409 g/mol. The van der Waals surface area contributed by atoms with Crippen molar-refractivity contribution in [1.82, 2.24) is 0 Å². The molecule has 7 heteroatoms. The van der Waals surface area contributed by atoms with E-state index in [1.165, 1.54) is 0 Å². The minimum atomic E-state index is -0.555. The second-order valence-electron chi connectivity index (χ2n) is 6.78. The lowest BCUT2D eigenvalue weighted by atomic mass is 10.1. The topological polar surface area (TPSA) is 83.4 Å². The smallest absolute Gasteiger partial charge is 0.363 e. The van der Waals surface area contributed by atoms with Gasteiger partial charge in [-0.25, -0.2) is 9.79 Å². The number of carbonyl (C=O) groups excluding carboxylic acids is 2. The highest BCUT2D eigenvalue weighted by atomic mass is 16.6. The van der Waals surface area contributed by atoms with Gasteiger partial charge in [0.1, 0.15) is 5.75 Å². The highest BCUT2D eigenvalue weighted by Crippen LogP contribution is 2.31. The quantitative estimate of drug-likeness (QED) is 0.390. The van der Waals surface area contributed by atoms with E-state index >= 15 is 0 Å². The van der Waals surface area contributed by atoms with Crippen LogP contribution < -0.4 is 14.2 Å². The first-order chi connectivity index (χ1) is 14.4. The van der Waals surface area contributed by atoms with E-state index < -0.39 is 5.97 Å². The number of aliphatic imine (C=N–C) groups is 1. The second kappa shape index (κ2) is 9.26. The third kappa shape index (κ3) is 4.86. The van der Waals surface area contributed by atoms with Crippen molar-refractivity contribution in [3.63, 3.8) is 0 Å². The Hall–Kier alpha value is -3.61. The average Bonchev–Trinajstić information content (AvgIpc) is 3.10. The van der Waals surface area contributed by atoms with Crippen LogP contribution in [0.15, 0.2) is 53.2 Å². The summed E-state index contributed by atoms with van der Waals surface area (Å²) in [6.07, 6.45) is 1.59. The molecule has 30 heavy (non-hydrogen) atoms. The fourth-order valence-electron chi connectivity index (χ4n) is 2.64. The number of ether oxygens (including phenoxy) is 4. The molecule has 0 spiro atoms. The number of carbonyl (C=O) groups is 2. The molecule has 3 rings (SSSR count). The van der Waals surface area contributed by atoms with Crippen LogP contribution in [0.3, 0.4) is 0 Å². The number of hydrogen-bond donors (Lipinski definition) is 0. The lowest BCUT2D eigenvalue weighted by Crippen LogP contribution is -2.15. The summed E-state index contributed by atoms with van der Waals surface area (Å²) in [5.41, 5.74) is 1.45. The third-order valence-corrected chi connectivity index (χ3v) is 4.19. The molecule has 0 amide bonds. The molecule has 7 nitrogen and oxygen atoms in total. The lowest BCUT2D eigenvalue weighted by molar-refractivity contribution is -0.138. The normalized spacial score (nSPS) is 14.5. The Morgan fingerprint density at radius 3 is 2.67 bits per heavy atom. The van der Waals surface area contributed by atoms with Crippen molar-refractivity contribution < 1.29 is 28.5 Å². The monoisotopic (exact) mass is 409 g/mol. The third-order valence-electron chi connectivity index (χ3n) is 4.19. The van der Waals surface area contributed by atoms with Gasteiger partial charge >= 0.3 is 11.9 Å². The maximum Gasteiger partial charge on any atom is 0.363 e. The first kappa shape index (κ1) is 21.1. The van der Waals surface area contributed by atoms with Gasteiger partial charge in [0.25, 0.3) is 0 Å². The summed E-state index contributed by atoms with van der Waals surface area (Å²) in [6.45, 7) is 5.74. The van der Waals surface area contributed by atoms with Crippen LogP contribution in [-0.4, -0.2) is 31.6 Å². The van der Waals surface area contributed by atoms with Crippen LogP contribution in [0.5, 0.6) is 17.2 Å². The van der Waals surface area contributed by atoms with Crippen LogP contribution in [0, 0.1) is 5.92 Å². The molecular weight excluding hydrogens is 386 g/mol. The molecule has 0 saturated heterocycles. The summed E-state index contributed by atoms with van der Waals surface area (Å²) in [7, 11) is 1.56. The van der Waals surface area contributed by atoms with Crippen LogP contribution in [-0.2, 0) is 14.3 Å². The van der Waals surface area contributed by atoms with Crippen LogP contribution >= 0.6 is 0 Å². The number of nitrogens with zero attached hydrogens (tertiary/aromatic N) is 1. The van der Waals surface area contributed by atoms with Crippen molar-refractivity contribution in [2.75, 3.05) is 13.7 Å². The van der Waals surface area contributed by atoms with E-state index in [2.05, 4.69) is 4.99 Å². The summed E-state index contributed by atoms with van der Waals surface area (Å²) >= 11 is 0. The molecule has 0 fully saturated rings. The van der Waals surface area contributed by atoms with Gasteiger partial charge in [-0.05, 0) is 48.9 Å². The van der Waals surface area contributed by atoms with Crippen LogP contribution in [0.2, 0.25) is 0 Å². The van der Waals surface area contributed by atoms with Crippen molar-refractivity contribution in [1.29, 1.82) is 0 Å². The summed E-state index contributed by atoms with van der Waals surface area (Å²) in [6, 6.07) is 12.1. The summed E-state index contributed by atoms with van der Waals surface area (Å²) in [5, 5.41) is 0. The van der Waals surface area contributed by atoms with E-state index in [-0.39, 0.29) is 23.5 Å². The number of benzene rings is 2. The van der Waals surface area contributed by atoms with Gasteiger partial charge in [0.15, 0.2) is 17.2 Å². The summed E-state index contributed by atoms with van der Waals surface area (Å²) in [5.74, 6) is 0.402. The molecule has 2 aromatic carbocycles. The van der Waals surface area contributed by atoms with Gasteiger partial charge in [0.2, 0.25) is 5.90 Å². The fourth-order valence-corrected chi connectivity index (χ4v) is 2.64. The molecule has 1 aliphatic heterocycles. The van der Waals surface area contributed by atoms with E-state index in [4.69, 9.17) is 18.9 Å². The van der Waals surface area contributed by atoms with E-state index in [9.17, 15) is 9.59 Å². The van der Waals surface area contributed by atoms with Gasteiger partial charge in [0.05, 0.1) is 19.6 Å². The number of cyclic esters (lactones) is 1. The molecule has 0 bridgehead atoms. The Kier molecular flexibility index (Phi) is 6.51. The van der Waals surface area contributed by atoms with Crippen molar-refractivity contribution in [3.05, 3.63) is 59.3 Å². The maximum absolute atomic E-state index is 12.3. The molecule has 0 aliphatic carbocycles. The van der Waals surface area contributed by atoms with Crippen molar-refractivity contribution in [3.8, 4) is 17.2 Å². The van der Waals surface area contributed by atoms with Gasteiger partial charge in [-0.3, -0.25) is 4.79 Å². The zero-order valence-electron chi connectivity index (χ0n) is 17.3. The Bertz CT molecular complexity index is 1020. The van der Waals surface area contributed by atoms with Gasteiger partial charge in [-0.1, -0.05) is 26.0 Å². The number of hydrogen-bond acceptors (Lipinski definition) is 7. The molecule has 0 radical (unpaired) electrons. The zero-order valence-corrected chi connectivity index (χ0v) is 17.3. The molecule has 0 saturated carbocycles. The molecule has 2 aromatic rings. The second-order valence-corrected chi connectivity index (χ2v) is 6.78. The summed E-state index contributed by atoms with van der Waals surface area (Å²) in [4.78, 5) is 28.5. The van der Waals surface area contributed by atoms with E-state index in [0.717, 1.165) is 0 Å². The number of methoxy groups -OCH3 is 1. The SMILES string of the molecule is CCOc1cc(C=C2N=C(c3cccc(OC)c3)OC2=O)ccc1OC(=O)C(C)C. The van der Waals surface area contributed by atoms with Crippen molar-refractivity contribution >= 4 is 23.9 Å². The van der Waals surface area contributed by atoms with Crippen LogP contribution in [0.1, 0.15) is 31.9 Å². The lowest BCUT2D eigenvalue weighted by Gasteiger charge is -2.12. The minimum Gasteiger partial charge on any atom is -0.497 e. The molecule has 0 aromatic heterocycles. The molecule has 0 unspecified atom stereocenters. The highest BCUT2D eigenvalue weighted by Gasteiger charge is 2.24. The standard InChI is InChI=1S/C23H23NO6/c1-5-28-20-12-15(9-10-19(20)29-22(25)14(2)3)11-18-23(26)30-21(24-18)16-7-6-8-17(13-16)27-4/h6-14H,5H2,1-4H3. The first-order valence-electron chi connectivity index (χ1n) is 9.56. The molecule has 0 atom stereocenters. The number of rotatable bonds is 7. The van der Waals surface area contributed by atoms with Crippen LogP contribution in [0.4, 0.5) is 0 Å². The first-order valence-corrected chi connectivity index (χ1v) is 9.56. The molecule has 0 N–H and O–H groups in total. The predicted octanol–water partition coefficient (Wildman–Crippen LogP) is 4.00. The van der Waals surface area contributed by atoms with Gasteiger partial charge in [-0.15, -0.1) is 0 Å². The Morgan fingerprint density at radius 1 is 1.17 bits per heavy atom. The van der Waals surface area contributed by atoms with E-state index in [0.29, 0.717) is 35.0 Å². The Balaban J connectivity index is 1.89. The van der Waals surface area contributed by atoms with Crippen molar-refractivity contribution in [2.45, 2.75) is 20.8 Å². The molecule has 1 heterocycles. The van der Waals surface area contributed by atoms with E-state index in [1.807, 2.05) is 6.92 Å². The van der Waals surface area contributed by atoms with Gasteiger partial charge < -0.3 is 18.9 Å². The largest absolute Gasteiger partial charge is 0.497 e. The molecule has 156 valence electrons. The van der Waals surface area contributed by atoms with Crippen LogP contribution in [0.25, 0.3) is 6.08 Å². The zero-order chi connectivity index (χ0) is 21.7. The van der Waals surface area contributed by atoms with Crippen molar-refractivity contribution in [2.24, 2.45) is 10.9 Å².